The summed E-state index contributed by atoms with van der Waals surface area (Å²) in [6, 6.07) is 10.2. The van der Waals surface area contributed by atoms with Crippen molar-refractivity contribution in [2.24, 2.45) is 0 Å². The molecular formula is C15H16N4S. The molecule has 102 valence electrons. The van der Waals surface area contributed by atoms with Crippen LogP contribution in [0.1, 0.15) is 24.0 Å². The summed E-state index contributed by atoms with van der Waals surface area (Å²) in [4.78, 5) is 13.4. The normalized spacial score (nSPS) is 10.8. The van der Waals surface area contributed by atoms with E-state index in [-0.39, 0.29) is 0 Å². The number of nitrogens with zero attached hydrogens (tertiary/aromatic N) is 3. The van der Waals surface area contributed by atoms with E-state index in [1.165, 1.54) is 4.70 Å². The molecule has 0 aliphatic rings. The highest BCUT2D eigenvalue weighted by molar-refractivity contribution is 7.18. The third-order valence-electron chi connectivity index (χ3n) is 2.92. The highest BCUT2D eigenvalue weighted by atomic mass is 32.1. The maximum atomic E-state index is 4.64. The van der Waals surface area contributed by atoms with Crippen LogP contribution < -0.4 is 5.32 Å². The van der Waals surface area contributed by atoms with Crippen LogP contribution in [-0.2, 0) is 6.42 Å². The van der Waals surface area contributed by atoms with Crippen LogP contribution >= 0.6 is 11.3 Å². The lowest BCUT2D eigenvalue weighted by molar-refractivity contribution is 0.936. The Kier molecular flexibility index (Phi) is 3.87. The van der Waals surface area contributed by atoms with Gasteiger partial charge in [0.1, 0.15) is 0 Å². The van der Waals surface area contributed by atoms with Crippen LogP contribution in [0.25, 0.3) is 10.2 Å². The Labute approximate surface area is 121 Å². The molecule has 5 heteroatoms. The van der Waals surface area contributed by atoms with E-state index in [0.717, 1.165) is 35.6 Å². The Balaban J connectivity index is 1.79. The van der Waals surface area contributed by atoms with Crippen LogP contribution in [0.15, 0.2) is 36.5 Å². The fourth-order valence-electron chi connectivity index (χ4n) is 1.97. The molecule has 1 N–H and O–H groups in total. The first kappa shape index (κ1) is 13.0. The molecule has 2 aromatic heterocycles. The zero-order valence-electron chi connectivity index (χ0n) is 11.3. The minimum Gasteiger partial charge on any atom is -0.354 e. The summed E-state index contributed by atoms with van der Waals surface area (Å²) < 4.78 is 1.22. The smallest absolute Gasteiger partial charge is 0.222 e. The fraction of sp³-hybridized carbons (Fsp3) is 0.267. The van der Waals surface area contributed by atoms with Crippen LogP contribution in [0.3, 0.4) is 0 Å². The number of benzene rings is 1. The van der Waals surface area contributed by atoms with Gasteiger partial charge in [0.15, 0.2) is 0 Å². The number of anilines is 1. The number of hydrogen-bond donors (Lipinski definition) is 1. The standard InChI is InChI=1S/C15H16N4S/c1-2-8-16-15-17-9-7-11(18-15)10-14-19-12-5-3-4-6-13(12)20-14/h3-7,9H,2,8,10H2,1H3,(H,16,17,18). The van der Waals surface area contributed by atoms with Crippen LogP contribution in [-0.4, -0.2) is 21.5 Å². The molecule has 0 spiro atoms. The first-order valence-electron chi connectivity index (χ1n) is 6.75. The molecule has 3 aromatic rings. The van der Waals surface area contributed by atoms with E-state index in [2.05, 4.69) is 33.3 Å². The zero-order chi connectivity index (χ0) is 13.8. The second-order valence-corrected chi connectivity index (χ2v) is 5.67. The first-order valence-corrected chi connectivity index (χ1v) is 7.57. The molecule has 2 heterocycles. The van der Waals surface area contributed by atoms with Gasteiger partial charge in [-0.2, -0.15) is 0 Å². The molecule has 0 unspecified atom stereocenters. The summed E-state index contributed by atoms with van der Waals surface area (Å²) >= 11 is 1.72. The topological polar surface area (TPSA) is 50.7 Å². The maximum Gasteiger partial charge on any atom is 0.222 e. The monoisotopic (exact) mass is 284 g/mol. The second kappa shape index (κ2) is 5.96. The molecule has 20 heavy (non-hydrogen) atoms. The number of rotatable bonds is 5. The van der Waals surface area contributed by atoms with E-state index in [4.69, 9.17) is 0 Å². The van der Waals surface area contributed by atoms with Gasteiger partial charge in [-0.25, -0.2) is 15.0 Å². The van der Waals surface area contributed by atoms with Crippen molar-refractivity contribution in [2.75, 3.05) is 11.9 Å². The van der Waals surface area contributed by atoms with Crippen molar-refractivity contribution in [1.82, 2.24) is 15.0 Å². The minimum absolute atomic E-state index is 0.700. The molecule has 1 aromatic carbocycles. The number of aromatic nitrogens is 3. The Morgan fingerprint density at radius 2 is 2.05 bits per heavy atom. The number of thiazole rings is 1. The lowest BCUT2D eigenvalue weighted by atomic mass is 10.3. The predicted octanol–water partition coefficient (Wildman–Crippen LogP) is 3.50. The van der Waals surface area contributed by atoms with Crippen molar-refractivity contribution in [3.63, 3.8) is 0 Å². The Morgan fingerprint density at radius 3 is 2.90 bits per heavy atom. The summed E-state index contributed by atoms with van der Waals surface area (Å²) in [5.41, 5.74) is 2.06. The third kappa shape index (κ3) is 2.93. The molecule has 0 saturated heterocycles. The molecule has 0 aliphatic carbocycles. The van der Waals surface area contributed by atoms with Crippen LogP contribution in [0.2, 0.25) is 0 Å². The SMILES string of the molecule is CCCNc1nccc(Cc2nc3ccccc3s2)n1. The molecule has 4 nitrogen and oxygen atoms in total. The van der Waals surface area contributed by atoms with Gasteiger partial charge >= 0.3 is 0 Å². The number of hydrogen-bond acceptors (Lipinski definition) is 5. The van der Waals surface area contributed by atoms with E-state index in [9.17, 15) is 0 Å². The van der Waals surface area contributed by atoms with Gasteiger partial charge in [0, 0.05) is 19.2 Å². The second-order valence-electron chi connectivity index (χ2n) is 4.55. The van der Waals surface area contributed by atoms with Crippen molar-refractivity contribution in [2.45, 2.75) is 19.8 Å². The molecule has 0 fully saturated rings. The summed E-state index contributed by atoms with van der Waals surface area (Å²) in [6.45, 7) is 3.02. The van der Waals surface area contributed by atoms with Gasteiger partial charge in [-0.1, -0.05) is 19.1 Å². The van der Waals surface area contributed by atoms with Crippen molar-refractivity contribution in [3.05, 3.63) is 47.2 Å². The van der Waals surface area contributed by atoms with Gasteiger partial charge in [0.05, 0.1) is 20.9 Å². The van der Waals surface area contributed by atoms with E-state index in [0.29, 0.717) is 5.95 Å². The Morgan fingerprint density at radius 1 is 1.15 bits per heavy atom. The Bertz CT molecular complexity index is 675. The van der Waals surface area contributed by atoms with E-state index < -0.39 is 0 Å². The number of nitrogens with one attached hydrogen (secondary N) is 1. The van der Waals surface area contributed by atoms with Crippen molar-refractivity contribution < 1.29 is 0 Å². The molecule has 0 saturated carbocycles. The molecular weight excluding hydrogens is 268 g/mol. The average molecular weight is 284 g/mol. The van der Waals surface area contributed by atoms with E-state index >= 15 is 0 Å². The summed E-state index contributed by atoms with van der Waals surface area (Å²) in [5.74, 6) is 0.700. The van der Waals surface area contributed by atoms with Crippen LogP contribution in [0.5, 0.6) is 0 Å². The highest BCUT2D eigenvalue weighted by Crippen LogP contribution is 2.23. The predicted molar refractivity (Wildman–Crippen MR) is 83.2 cm³/mol. The minimum atomic E-state index is 0.700. The highest BCUT2D eigenvalue weighted by Gasteiger charge is 2.06. The van der Waals surface area contributed by atoms with Crippen molar-refractivity contribution in [3.8, 4) is 0 Å². The molecule has 0 amide bonds. The maximum absolute atomic E-state index is 4.64. The first-order chi connectivity index (χ1) is 9.85. The lowest BCUT2D eigenvalue weighted by Gasteiger charge is -2.03. The largest absolute Gasteiger partial charge is 0.354 e. The number of fused-ring (bicyclic) bond motifs is 1. The van der Waals surface area contributed by atoms with Gasteiger partial charge in [-0.05, 0) is 24.6 Å². The average Bonchev–Trinajstić information content (AvgIpc) is 2.87. The van der Waals surface area contributed by atoms with Gasteiger partial charge in [-0.15, -0.1) is 11.3 Å². The van der Waals surface area contributed by atoms with Gasteiger partial charge in [0.2, 0.25) is 5.95 Å². The van der Waals surface area contributed by atoms with Crippen LogP contribution in [0, 0.1) is 0 Å². The lowest BCUT2D eigenvalue weighted by Crippen LogP contribution is -2.05. The number of para-hydroxylation sites is 1. The Hall–Kier alpha value is -2.01. The summed E-state index contributed by atoms with van der Waals surface area (Å²) in [7, 11) is 0. The molecule has 0 radical (unpaired) electrons. The van der Waals surface area contributed by atoms with Crippen LogP contribution in [0.4, 0.5) is 5.95 Å². The zero-order valence-corrected chi connectivity index (χ0v) is 12.2. The third-order valence-corrected chi connectivity index (χ3v) is 3.95. The molecule has 0 atom stereocenters. The molecule has 3 rings (SSSR count). The summed E-state index contributed by atoms with van der Waals surface area (Å²) in [5, 5.41) is 4.30. The van der Waals surface area contributed by atoms with Gasteiger partial charge in [-0.3, -0.25) is 0 Å². The van der Waals surface area contributed by atoms with E-state index in [1.54, 1.807) is 17.5 Å². The van der Waals surface area contributed by atoms with Crippen molar-refractivity contribution >= 4 is 27.5 Å². The van der Waals surface area contributed by atoms with Crippen molar-refractivity contribution in [1.29, 1.82) is 0 Å². The van der Waals surface area contributed by atoms with E-state index in [1.807, 2.05) is 24.3 Å². The molecule has 0 bridgehead atoms. The molecule has 0 aliphatic heterocycles. The quantitative estimate of drug-likeness (QED) is 0.779. The summed E-state index contributed by atoms with van der Waals surface area (Å²) in [6.07, 6.45) is 3.61. The van der Waals surface area contributed by atoms with Gasteiger partial charge in [0.25, 0.3) is 0 Å². The fourth-order valence-corrected chi connectivity index (χ4v) is 2.95. The van der Waals surface area contributed by atoms with Gasteiger partial charge < -0.3 is 5.32 Å².